The minimum Gasteiger partial charge on any atom is -0.507 e. The molecule has 2 aromatic carbocycles. The lowest BCUT2D eigenvalue weighted by Crippen LogP contribution is -2.12. The van der Waals surface area contributed by atoms with Crippen molar-refractivity contribution >= 4 is 22.5 Å². The zero-order valence-corrected chi connectivity index (χ0v) is 15.1. The van der Waals surface area contributed by atoms with Crippen LogP contribution in [0.1, 0.15) is 34.1 Å². The highest BCUT2D eigenvalue weighted by Gasteiger charge is 2.31. The molecule has 0 radical (unpaired) electrons. The van der Waals surface area contributed by atoms with Crippen molar-refractivity contribution in [2.24, 2.45) is 0 Å². The molecule has 2 N–H and O–H groups in total. The summed E-state index contributed by atoms with van der Waals surface area (Å²) in [7, 11) is 5.20. The van der Waals surface area contributed by atoms with Crippen molar-refractivity contribution in [2.45, 2.75) is 13.3 Å². The van der Waals surface area contributed by atoms with Gasteiger partial charge in [-0.2, -0.15) is 0 Å². The predicted octanol–water partition coefficient (Wildman–Crippen LogP) is 2.66. The van der Waals surface area contributed by atoms with E-state index in [1.54, 1.807) is 6.92 Å². The highest BCUT2D eigenvalue weighted by molar-refractivity contribution is 6.17. The number of hydrogen-bond donors (Lipinski definition) is 2. The number of phenols is 2. The fourth-order valence-corrected chi connectivity index (χ4v) is 2.82. The van der Waals surface area contributed by atoms with Crippen LogP contribution in [0, 0.1) is 0 Å². The van der Waals surface area contributed by atoms with E-state index in [0.29, 0.717) is 0 Å². The second-order valence-electron chi connectivity index (χ2n) is 5.28. The molecule has 0 aliphatic carbocycles. The molecule has 0 saturated carbocycles. The Bertz CT molecular complexity index is 885. The minimum absolute atomic E-state index is 0.00398. The number of fused-ring (bicyclic) bond motifs is 1. The number of methoxy groups -OCH3 is 4. The van der Waals surface area contributed by atoms with Gasteiger partial charge in [-0.1, -0.05) is 6.92 Å². The lowest BCUT2D eigenvalue weighted by molar-refractivity contribution is 0.0593. The van der Waals surface area contributed by atoms with Gasteiger partial charge in [0.25, 0.3) is 0 Å². The van der Waals surface area contributed by atoms with E-state index < -0.39 is 28.8 Å². The Balaban J connectivity index is 3.15. The van der Waals surface area contributed by atoms with Gasteiger partial charge in [-0.15, -0.1) is 0 Å². The summed E-state index contributed by atoms with van der Waals surface area (Å²) in [5.41, 5.74) is -0.756. The Labute approximate surface area is 149 Å². The first-order chi connectivity index (χ1) is 12.4. The maximum atomic E-state index is 12.3. The van der Waals surface area contributed by atoms with Crippen LogP contribution in [0.2, 0.25) is 0 Å². The summed E-state index contributed by atoms with van der Waals surface area (Å²) < 4.78 is 20.5. The maximum absolute atomic E-state index is 12.3. The predicted molar refractivity (Wildman–Crippen MR) is 92.9 cm³/mol. The molecule has 8 nitrogen and oxygen atoms in total. The molecule has 0 atom stereocenters. The molecular weight excluding hydrogens is 344 g/mol. The molecule has 0 unspecified atom stereocenters. The molecule has 26 heavy (non-hydrogen) atoms. The average molecular weight is 364 g/mol. The lowest BCUT2D eigenvalue weighted by Gasteiger charge is -2.19. The molecule has 0 aliphatic rings. The topological polar surface area (TPSA) is 112 Å². The van der Waals surface area contributed by atoms with Crippen LogP contribution in [-0.4, -0.2) is 50.4 Å². The summed E-state index contributed by atoms with van der Waals surface area (Å²) in [5.74, 6) is -2.13. The normalized spacial score (nSPS) is 10.5. The van der Waals surface area contributed by atoms with E-state index in [4.69, 9.17) is 14.2 Å². The standard InChI is InChI=1S/C18H20O8/c1-6-9(19)12-13(18(22)26-5)15(21)11-8(14(12)20)7-10(23-2)16(24-3)17(11)25-4/h7,20-21H,6H2,1-5H3. The van der Waals surface area contributed by atoms with Crippen LogP contribution in [0.5, 0.6) is 28.7 Å². The van der Waals surface area contributed by atoms with Gasteiger partial charge >= 0.3 is 5.97 Å². The summed E-state index contributed by atoms with van der Waals surface area (Å²) in [6, 6.07) is 1.39. The second-order valence-corrected chi connectivity index (χ2v) is 5.28. The van der Waals surface area contributed by atoms with E-state index in [9.17, 15) is 19.8 Å². The van der Waals surface area contributed by atoms with Gasteiger partial charge in [0.15, 0.2) is 17.3 Å². The van der Waals surface area contributed by atoms with Crippen molar-refractivity contribution in [1.29, 1.82) is 0 Å². The Morgan fingerprint density at radius 1 is 0.923 bits per heavy atom. The first kappa shape index (κ1) is 19.2. The summed E-state index contributed by atoms with van der Waals surface area (Å²) in [6.07, 6.45) is 0.00687. The number of carbonyl (C=O) groups excluding carboxylic acids is 2. The largest absolute Gasteiger partial charge is 0.507 e. The Morgan fingerprint density at radius 2 is 1.54 bits per heavy atom. The van der Waals surface area contributed by atoms with Crippen LogP contribution in [0.25, 0.3) is 10.8 Å². The summed E-state index contributed by atoms with van der Waals surface area (Å²) in [6.45, 7) is 1.57. The van der Waals surface area contributed by atoms with Crippen molar-refractivity contribution in [3.8, 4) is 28.7 Å². The number of phenolic OH excluding ortho intramolecular Hbond substituents is 2. The number of carbonyl (C=O) groups is 2. The molecular formula is C18H20O8. The van der Waals surface area contributed by atoms with E-state index in [0.717, 1.165) is 7.11 Å². The van der Waals surface area contributed by atoms with Crippen LogP contribution in [0.15, 0.2) is 6.07 Å². The molecule has 0 aromatic heterocycles. The van der Waals surface area contributed by atoms with Crippen LogP contribution in [0.4, 0.5) is 0 Å². The SMILES string of the molecule is CCC(=O)c1c(C(=O)OC)c(O)c2c(OC)c(OC)c(OC)cc2c1O. The van der Waals surface area contributed by atoms with E-state index in [1.165, 1.54) is 27.4 Å². The average Bonchev–Trinajstić information content (AvgIpc) is 2.67. The molecule has 2 rings (SSSR count). The van der Waals surface area contributed by atoms with Gasteiger partial charge in [0.2, 0.25) is 5.75 Å². The van der Waals surface area contributed by atoms with Gasteiger partial charge in [-0.3, -0.25) is 4.79 Å². The first-order valence-electron chi connectivity index (χ1n) is 7.69. The zero-order chi connectivity index (χ0) is 19.6. The quantitative estimate of drug-likeness (QED) is 0.457. The van der Waals surface area contributed by atoms with Crippen molar-refractivity contribution in [3.63, 3.8) is 0 Å². The molecule has 0 heterocycles. The highest BCUT2D eigenvalue weighted by Crippen LogP contribution is 2.51. The first-order valence-corrected chi connectivity index (χ1v) is 7.69. The number of ether oxygens (including phenoxy) is 4. The van der Waals surface area contributed by atoms with Gasteiger partial charge in [-0.05, 0) is 6.07 Å². The molecule has 140 valence electrons. The van der Waals surface area contributed by atoms with Gasteiger partial charge < -0.3 is 29.2 Å². The lowest BCUT2D eigenvalue weighted by atomic mass is 9.93. The van der Waals surface area contributed by atoms with E-state index in [-0.39, 0.29) is 40.0 Å². The zero-order valence-electron chi connectivity index (χ0n) is 15.1. The molecule has 0 fully saturated rings. The smallest absolute Gasteiger partial charge is 0.342 e. The molecule has 8 heteroatoms. The van der Waals surface area contributed by atoms with Crippen LogP contribution >= 0.6 is 0 Å². The molecule has 0 amide bonds. The Morgan fingerprint density at radius 3 is 2.00 bits per heavy atom. The van der Waals surface area contributed by atoms with Crippen molar-refractivity contribution in [3.05, 3.63) is 17.2 Å². The molecule has 2 aromatic rings. The van der Waals surface area contributed by atoms with E-state index in [2.05, 4.69) is 4.74 Å². The van der Waals surface area contributed by atoms with Crippen LogP contribution in [-0.2, 0) is 4.74 Å². The molecule has 0 aliphatic heterocycles. The second kappa shape index (κ2) is 7.38. The number of ketones is 1. The van der Waals surface area contributed by atoms with Gasteiger partial charge in [0.05, 0.1) is 39.4 Å². The summed E-state index contributed by atoms with van der Waals surface area (Å²) in [4.78, 5) is 24.5. The molecule has 0 bridgehead atoms. The van der Waals surface area contributed by atoms with Crippen LogP contribution < -0.4 is 14.2 Å². The third kappa shape index (κ3) is 2.73. The number of rotatable bonds is 6. The third-order valence-corrected chi connectivity index (χ3v) is 4.04. The van der Waals surface area contributed by atoms with E-state index in [1.807, 2.05) is 0 Å². The van der Waals surface area contributed by atoms with Crippen molar-refractivity contribution in [2.75, 3.05) is 28.4 Å². The van der Waals surface area contributed by atoms with Crippen LogP contribution in [0.3, 0.4) is 0 Å². The fraction of sp³-hybridized carbons (Fsp3) is 0.333. The van der Waals surface area contributed by atoms with Gasteiger partial charge in [0.1, 0.15) is 17.1 Å². The Hall–Kier alpha value is -3.16. The number of benzene rings is 2. The van der Waals surface area contributed by atoms with Crippen molar-refractivity contribution in [1.82, 2.24) is 0 Å². The maximum Gasteiger partial charge on any atom is 0.342 e. The summed E-state index contributed by atoms with van der Waals surface area (Å²) in [5, 5.41) is 21.5. The Kier molecular flexibility index (Phi) is 5.44. The fourth-order valence-electron chi connectivity index (χ4n) is 2.82. The van der Waals surface area contributed by atoms with Gasteiger partial charge in [-0.25, -0.2) is 4.79 Å². The molecule has 0 saturated heterocycles. The van der Waals surface area contributed by atoms with Crippen molar-refractivity contribution < 1.29 is 38.7 Å². The number of Topliss-reactive ketones (excluding diaryl/α,β-unsaturated/α-hetero) is 1. The number of esters is 1. The number of hydrogen-bond acceptors (Lipinski definition) is 8. The summed E-state index contributed by atoms with van der Waals surface area (Å²) >= 11 is 0. The minimum atomic E-state index is -0.965. The molecule has 0 spiro atoms. The number of aromatic hydroxyl groups is 2. The highest BCUT2D eigenvalue weighted by atomic mass is 16.5. The monoisotopic (exact) mass is 364 g/mol. The third-order valence-electron chi connectivity index (χ3n) is 4.04. The van der Waals surface area contributed by atoms with Gasteiger partial charge in [0, 0.05) is 11.8 Å². The van der Waals surface area contributed by atoms with E-state index >= 15 is 0 Å².